The molecular formula is C16H32N2. The Balaban J connectivity index is 2.44. The summed E-state index contributed by atoms with van der Waals surface area (Å²) in [6.07, 6.45) is 5.85. The third-order valence-electron chi connectivity index (χ3n) is 4.04. The number of allylic oxidation sites excluding steroid dienone is 1. The normalized spacial score (nSPS) is 20.4. The maximum atomic E-state index is 2.65. The van der Waals surface area contributed by atoms with Crippen LogP contribution in [0.3, 0.4) is 0 Å². The highest BCUT2D eigenvalue weighted by Gasteiger charge is 2.29. The van der Waals surface area contributed by atoms with Gasteiger partial charge in [0.2, 0.25) is 0 Å². The van der Waals surface area contributed by atoms with Gasteiger partial charge in [-0.3, -0.25) is 9.80 Å². The monoisotopic (exact) mass is 252 g/mol. The molecule has 1 rings (SSSR count). The van der Waals surface area contributed by atoms with Gasteiger partial charge in [-0.25, -0.2) is 0 Å². The molecule has 0 unspecified atom stereocenters. The lowest BCUT2D eigenvalue weighted by Gasteiger charge is -2.45. The summed E-state index contributed by atoms with van der Waals surface area (Å²) in [4.78, 5) is 5.23. The van der Waals surface area contributed by atoms with Crippen molar-refractivity contribution in [1.82, 2.24) is 9.80 Å². The van der Waals surface area contributed by atoms with Crippen LogP contribution in [0, 0.1) is 5.92 Å². The first-order valence-corrected chi connectivity index (χ1v) is 7.48. The fraction of sp³-hybridized carbons (Fsp3) is 0.875. The average molecular weight is 252 g/mol. The van der Waals surface area contributed by atoms with Gasteiger partial charge in [0.05, 0.1) is 0 Å². The molecule has 1 heterocycles. The first-order chi connectivity index (χ1) is 8.33. The highest BCUT2D eigenvalue weighted by Crippen LogP contribution is 2.22. The van der Waals surface area contributed by atoms with Crippen molar-refractivity contribution in [2.75, 3.05) is 26.2 Å². The standard InChI is InChI=1S/C16H32N2/c1-14(2)8-7-9-16(5,6)18-12-10-17(11-13-18)15(3)4/h7-8,14-15H,9-13H2,1-6H3. The topological polar surface area (TPSA) is 6.48 Å². The smallest absolute Gasteiger partial charge is 0.0188 e. The van der Waals surface area contributed by atoms with Crippen molar-refractivity contribution in [3.63, 3.8) is 0 Å². The summed E-state index contributed by atoms with van der Waals surface area (Å²) in [5.74, 6) is 0.665. The molecule has 0 aromatic rings. The van der Waals surface area contributed by atoms with E-state index in [9.17, 15) is 0 Å². The average Bonchev–Trinajstić information content (AvgIpc) is 2.28. The number of rotatable bonds is 5. The van der Waals surface area contributed by atoms with Crippen LogP contribution in [0.2, 0.25) is 0 Å². The summed E-state index contributed by atoms with van der Waals surface area (Å²) in [6.45, 7) is 18.7. The van der Waals surface area contributed by atoms with Gasteiger partial charge in [-0.05, 0) is 40.0 Å². The number of hydrogen-bond donors (Lipinski definition) is 0. The molecule has 0 saturated carbocycles. The Hall–Kier alpha value is -0.340. The molecule has 0 radical (unpaired) electrons. The summed E-state index contributed by atoms with van der Waals surface area (Å²) in [6, 6.07) is 0.691. The Morgan fingerprint density at radius 1 is 1.00 bits per heavy atom. The first-order valence-electron chi connectivity index (χ1n) is 7.48. The van der Waals surface area contributed by atoms with E-state index in [-0.39, 0.29) is 0 Å². The first kappa shape index (κ1) is 15.7. The van der Waals surface area contributed by atoms with Gasteiger partial charge in [-0.1, -0.05) is 26.0 Å². The van der Waals surface area contributed by atoms with Crippen molar-refractivity contribution in [1.29, 1.82) is 0 Å². The van der Waals surface area contributed by atoms with Crippen LogP contribution >= 0.6 is 0 Å². The van der Waals surface area contributed by atoms with Crippen LogP contribution in [-0.4, -0.2) is 47.6 Å². The second-order valence-electron chi connectivity index (χ2n) is 6.81. The van der Waals surface area contributed by atoms with E-state index in [2.05, 4.69) is 63.5 Å². The highest BCUT2D eigenvalue weighted by molar-refractivity contribution is 4.95. The third-order valence-corrected chi connectivity index (χ3v) is 4.04. The maximum absolute atomic E-state index is 2.65. The zero-order chi connectivity index (χ0) is 13.8. The quantitative estimate of drug-likeness (QED) is 0.692. The van der Waals surface area contributed by atoms with Gasteiger partial charge in [-0.2, -0.15) is 0 Å². The van der Waals surface area contributed by atoms with Crippen LogP contribution in [-0.2, 0) is 0 Å². The number of hydrogen-bond acceptors (Lipinski definition) is 2. The van der Waals surface area contributed by atoms with Crippen molar-refractivity contribution < 1.29 is 0 Å². The second-order valence-corrected chi connectivity index (χ2v) is 6.81. The molecule has 106 valence electrons. The number of nitrogens with zero attached hydrogens (tertiary/aromatic N) is 2. The Morgan fingerprint density at radius 3 is 2.00 bits per heavy atom. The molecule has 0 bridgehead atoms. The summed E-state index contributed by atoms with van der Waals surface area (Å²) >= 11 is 0. The third kappa shape index (κ3) is 4.74. The van der Waals surface area contributed by atoms with Crippen LogP contribution in [0.5, 0.6) is 0 Å². The molecular weight excluding hydrogens is 220 g/mol. The summed E-state index contributed by atoms with van der Waals surface area (Å²) in [7, 11) is 0. The molecule has 0 N–H and O–H groups in total. The molecule has 1 saturated heterocycles. The summed E-state index contributed by atoms with van der Waals surface area (Å²) in [5.41, 5.74) is 0.300. The van der Waals surface area contributed by atoms with E-state index in [0.717, 1.165) is 6.42 Å². The second kappa shape index (κ2) is 6.72. The van der Waals surface area contributed by atoms with Gasteiger partial charge in [0.1, 0.15) is 0 Å². The zero-order valence-corrected chi connectivity index (χ0v) is 13.2. The molecule has 0 amide bonds. The van der Waals surface area contributed by atoms with Gasteiger partial charge in [0.25, 0.3) is 0 Å². The summed E-state index contributed by atoms with van der Waals surface area (Å²) < 4.78 is 0. The van der Waals surface area contributed by atoms with Gasteiger partial charge < -0.3 is 0 Å². The zero-order valence-electron chi connectivity index (χ0n) is 13.2. The predicted molar refractivity (Wildman–Crippen MR) is 81.0 cm³/mol. The minimum Gasteiger partial charge on any atom is -0.298 e. The van der Waals surface area contributed by atoms with Crippen LogP contribution < -0.4 is 0 Å². The van der Waals surface area contributed by atoms with E-state index < -0.39 is 0 Å². The van der Waals surface area contributed by atoms with E-state index in [1.807, 2.05) is 0 Å². The molecule has 0 aliphatic carbocycles. The largest absolute Gasteiger partial charge is 0.298 e. The van der Waals surface area contributed by atoms with Crippen LogP contribution in [0.25, 0.3) is 0 Å². The summed E-state index contributed by atoms with van der Waals surface area (Å²) in [5, 5.41) is 0. The van der Waals surface area contributed by atoms with Gasteiger partial charge in [0, 0.05) is 37.8 Å². The SMILES string of the molecule is CC(C)C=CCC(C)(C)N1CCN(C(C)C)CC1. The molecule has 1 fully saturated rings. The Bertz CT molecular complexity index is 258. The van der Waals surface area contributed by atoms with Crippen molar-refractivity contribution in [3.8, 4) is 0 Å². The van der Waals surface area contributed by atoms with Gasteiger partial charge in [-0.15, -0.1) is 0 Å². The fourth-order valence-corrected chi connectivity index (χ4v) is 2.60. The van der Waals surface area contributed by atoms with Crippen LogP contribution in [0.4, 0.5) is 0 Å². The Morgan fingerprint density at radius 2 is 1.56 bits per heavy atom. The van der Waals surface area contributed by atoms with Gasteiger partial charge in [0.15, 0.2) is 0 Å². The van der Waals surface area contributed by atoms with E-state index in [4.69, 9.17) is 0 Å². The minimum absolute atomic E-state index is 0.300. The fourth-order valence-electron chi connectivity index (χ4n) is 2.60. The Labute approximate surface area is 114 Å². The predicted octanol–water partition coefficient (Wildman–Crippen LogP) is 3.39. The molecule has 2 heteroatoms. The Kier molecular flexibility index (Phi) is 5.87. The highest BCUT2D eigenvalue weighted by atomic mass is 15.3. The van der Waals surface area contributed by atoms with Gasteiger partial charge >= 0.3 is 0 Å². The molecule has 2 nitrogen and oxygen atoms in total. The molecule has 0 spiro atoms. The van der Waals surface area contributed by atoms with Crippen molar-refractivity contribution in [2.24, 2.45) is 5.92 Å². The lowest BCUT2D eigenvalue weighted by molar-refractivity contribution is 0.0415. The van der Waals surface area contributed by atoms with Crippen molar-refractivity contribution >= 4 is 0 Å². The molecule has 0 atom stereocenters. The van der Waals surface area contributed by atoms with Crippen molar-refractivity contribution in [2.45, 2.75) is 59.5 Å². The molecule has 1 aliphatic rings. The van der Waals surface area contributed by atoms with E-state index in [1.54, 1.807) is 0 Å². The minimum atomic E-state index is 0.300. The lowest BCUT2D eigenvalue weighted by atomic mass is 9.96. The molecule has 0 aromatic carbocycles. The van der Waals surface area contributed by atoms with E-state index >= 15 is 0 Å². The van der Waals surface area contributed by atoms with Crippen LogP contribution in [0.15, 0.2) is 12.2 Å². The molecule has 18 heavy (non-hydrogen) atoms. The van der Waals surface area contributed by atoms with E-state index in [1.165, 1.54) is 26.2 Å². The van der Waals surface area contributed by atoms with Crippen molar-refractivity contribution in [3.05, 3.63) is 12.2 Å². The number of piperazine rings is 1. The van der Waals surface area contributed by atoms with Crippen LogP contribution in [0.1, 0.15) is 48.0 Å². The maximum Gasteiger partial charge on any atom is 0.0188 e. The lowest BCUT2D eigenvalue weighted by Crippen LogP contribution is -2.55. The van der Waals surface area contributed by atoms with E-state index in [0.29, 0.717) is 17.5 Å². The molecule has 1 aliphatic heterocycles. The molecule has 0 aromatic heterocycles.